The van der Waals surface area contributed by atoms with Crippen LogP contribution in [0.5, 0.6) is 0 Å². The molecular weight excluding hydrogens is 204 g/mol. The highest BCUT2D eigenvalue weighted by Crippen LogP contribution is 2.13. The van der Waals surface area contributed by atoms with E-state index >= 15 is 0 Å². The van der Waals surface area contributed by atoms with Gasteiger partial charge in [-0.25, -0.2) is 4.98 Å². The van der Waals surface area contributed by atoms with Gasteiger partial charge in [0.15, 0.2) is 0 Å². The number of likely N-dealkylation sites (N-methyl/N-ethyl adjacent to an activating group) is 1. The summed E-state index contributed by atoms with van der Waals surface area (Å²) >= 11 is 0. The number of piperazine rings is 1. The number of anilines is 1. The van der Waals surface area contributed by atoms with Crippen LogP contribution < -0.4 is 4.90 Å². The zero-order chi connectivity index (χ0) is 11.5. The molecule has 1 fully saturated rings. The minimum absolute atomic E-state index is 0.0791. The van der Waals surface area contributed by atoms with Gasteiger partial charge in [0.2, 0.25) is 5.91 Å². The molecule has 82 valence electrons. The van der Waals surface area contributed by atoms with Gasteiger partial charge in [-0.05, 0) is 12.1 Å². The van der Waals surface area contributed by atoms with Crippen LogP contribution >= 0.6 is 0 Å². The number of hydrogen-bond donors (Lipinski definition) is 0. The molecule has 0 spiro atoms. The second-order valence-electron chi connectivity index (χ2n) is 3.73. The minimum atomic E-state index is 0.0791. The maximum absolute atomic E-state index is 11.5. The fourth-order valence-electron chi connectivity index (χ4n) is 1.62. The topological polar surface area (TPSA) is 60.2 Å². The molecule has 0 N–H and O–H groups in total. The third-order valence-electron chi connectivity index (χ3n) is 2.63. The van der Waals surface area contributed by atoms with Crippen molar-refractivity contribution in [3.63, 3.8) is 0 Å². The Morgan fingerprint density at radius 2 is 2.25 bits per heavy atom. The molecule has 1 aromatic heterocycles. The van der Waals surface area contributed by atoms with Crippen molar-refractivity contribution < 1.29 is 4.79 Å². The maximum atomic E-state index is 11.5. The number of hydrogen-bond acceptors (Lipinski definition) is 4. The van der Waals surface area contributed by atoms with Crippen LogP contribution in [0.25, 0.3) is 0 Å². The Labute approximate surface area is 93.9 Å². The molecule has 0 aromatic carbocycles. The number of pyridine rings is 1. The van der Waals surface area contributed by atoms with Crippen molar-refractivity contribution in [2.24, 2.45) is 0 Å². The van der Waals surface area contributed by atoms with Crippen molar-refractivity contribution in [3.05, 3.63) is 23.9 Å². The first-order valence-corrected chi connectivity index (χ1v) is 5.07. The Hall–Kier alpha value is -2.09. The van der Waals surface area contributed by atoms with Gasteiger partial charge < -0.3 is 9.80 Å². The highest BCUT2D eigenvalue weighted by molar-refractivity contribution is 5.82. The molecule has 0 atom stereocenters. The molecule has 1 saturated heterocycles. The number of carbonyl (C=O) groups excluding carboxylic acids is 1. The lowest BCUT2D eigenvalue weighted by molar-refractivity contribution is -0.129. The molecule has 1 aliphatic rings. The molecule has 2 heterocycles. The Morgan fingerprint density at radius 1 is 1.44 bits per heavy atom. The molecule has 0 aliphatic carbocycles. The number of amides is 1. The van der Waals surface area contributed by atoms with Crippen molar-refractivity contribution in [2.45, 2.75) is 0 Å². The highest BCUT2D eigenvalue weighted by Gasteiger charge is 2.21. The van der Waals surface area contributed by atoms with Crippen LogP contribution in [0.15, 0.2) is 18.2 Å². The molecule has 0 radical (unpaired) electrons. The van der Waals surface area contributed by atoms with Crippen molar-refractivity contribution >= 4 is 11.7 Å². The number of nitrogens with zero attached hydrogens (tertiary/aromatic N) is 4. The van der Waals surface area contributed by atoms with E-state index in [0.29, 0.717) is 24.6 Å². The fraction of sp³-hybridized carbons (Fsp3) is 0.364. The molecule has 1 amide bonds. The molecule has 5 heteroatoms. The molecule has 16 heavy (non-hydrogen) atoms. The van der Waals surface area contributed by atoms with Gasteiger partial charge in [-0.1, -0.05) is 6.07 Å². The number of nitriles is 1. The van der Waals surface area contributed by atoms with Gasteiger partial charge >= 0.3 is 0 Å². The lowest BCUT2D eigenvalue weighted by Crippen LogP contribution is -2.48. The van der Waals surface area contributed by atoms with Gasteiger partial charge in [-0.3, -0.25) is 4.79 Å². The minimum Gasteiger partial charge on any atom is -0.345 e. The van der Waals surface area contributed by atoms with Crippen LogP contribution in [0.3, 0.4) is 0 Å². The first kappa shape index (κ1) is 10.4. The summed E-state index contributed by atoms with van der Waals surface area (Å²) in [5.74, 6) is 0.774. The normalized spacial score (nSPS) is 16.1. The molecule has 0 saturated carbocycles. The lowest BCUT2D eigenvalue weighted by atomic mass is 10.3. The average molecular weight is 216 g/mol. The van der Waals surface area contributed by atoms with Crippen LogP contribution in [-0.4, -0.2) is 42.5 Å². The van der Waals surface area contributed by atoms with Gasteiger partial charge in [0, 0.05) is 20.1 Å². The van der Waals surface area contributed by atoms with E-state index < -0.39 is 0 Å². The average Bonchev–Trinajstić information content (AvgIpc) is 2.33. The molecule has 0 bridgehead atoms. The smallest absolute Gasteiger partial charge is 0.241 e. The van der Waals surface area contributed by atoms with E-state index in [-0.39, 0.29) is 5.91 Å². The summed E-state index contributed by atoms with van der Waals surface area (Å²) < 4.78 is 0. The van der Waals surface area contributed by atoms with E-state index in [1.54, 1.807) is 24.1 Å². The Balaban J connectivity index is 2.19. The zero-order valence-corrected chi connectivity index (χ0v) is 9.05. The zero-order valence-electron chi connectivity index (χ0n) is 9.05. The van der Waals surface area contributed by atoms with Crippen molar-refractivity contribution in [1.82, 2.24) is 9.88 Å². The molecule has 0 unspecified atom stereocenters. The summed E-state index contributed by atoms with van der Waals surface area (Å²) in [6, 6.07) is 7.25. The summed E-state index contributed by atoms with van der Waals surface area (Å²) in [6.07, 6.45) is 0. The summed E-state index contributed by atoms with van der Waals surface area (Å²) in [4.78, 5) is 19.3. The van der Waals surface area contributed by atoms with E-state index in [1.165, 1.54) is 0 Å². The van der Waals surface area contributed by atoms with E-state index in [2.05, 4.69) is 4.98 Å². The molecular formula is C11H12N4O. The second-order valence-corrected chi connectivity index (χ2v) is 3.73. The number of aromatic nitrogens is 1. The number of carbonyl (C=O) groups is 1. The van der Waals surface area contributed by atoms with E-state index in [0.717, 1.165) is 6.54 Å². The van der Waals surface area contributed by atoms with Crippen molar-refractivity contribution in [1.29, 1.82) is 5.26 Å². The molecule has 2 rings (SSSR count). The Morgan fingerprint density at radius 3 is 2.94 bits per heavy atom. The standard InChI is InChI=1S/C11H12N4O/c1-14-5-6-15(8-11(14)16)10-4-2-3-9(7-12)13-10/h2-4H,5-6,8H2,1H3. The fourth-order valence-corrected chi connectivity index (χ4v) is 1.62. The SMILES string of the molecule is CN1CCN(c2cccc(C#N)n2)CC1=O. The van der Waals surface area contributed by atoms with Crippen molar-refractivity contribution in [3.8, 4) is 6.07 Å². The first-order chi connectivity index (χ1) is 7.70. The van der Waals surface area contributed by atoms with Crippen molar-refractivity contribution in [2.75, 3.05) is 31.6 Å². The number of rotatable bonds is 1. The summed E-state index contributed by atoms with van der Waals surface area (Å²) in [7, 11) is 1.79. The van der Waals surface area contributed by atoms with Gasteiger partial charge in [-0.15, -0.1) is 0 Å². The summed E-state index contributed by atoms with van der Waals surface area (Å²) in [6.45, 7) is 1.78. The first-order valence-electron chi connectivity index (χ1n) is 5.07. The third-order valence-corrected chi connectivity index (χ3v) is 2.63. The predicted octanol–water partition coefficient (Wildman–Crippen LogP) is 0.232. The van der Waals surface area contributed by atoms with E-state index in [4.69, 9.17) is 5.26 Å². The summed E-state index contributed by atoms with van der Waals surface area (Å²) in [5.41, 5.74) is 0.379. The van der Waals surface area contributed by atoms with E-state index in [9.17, 15) is 4.79 Å². The van der Waals surface area contributed by atoms with Crippen LogP contribution in [0.1, 0.15) is 5.69 Å². The quantitative estimate of drug-likeness (QED) is 0.674. The van der Waals surface area contributed by atoms with Gasteiger partial charge in [0.1, 0.15) is 17.6 Å². The molecule has 5 nitrogen and oxygen atoms in total. The van der Waals surface area contributed by atoms with Crippen LogP contribution in [-0.2, 0) is 4.79 Å². The van der Waals surface area contributed by atoms with Crippen LogP contribution in [0.4, 0.5) is 5.82 Å². The van der Waals surface area contributed by atoms with Crippen LogP contribution in [0, 0.1) is 11.3 Å². The van der Waals surface area contributed by atoms with Gasteiger partial charge in [0.25, 0.3) is 0 Å². The maximum Gasteiger partial charge on any atom is 0.241 e. The highest BCUT2D eigenvalue weighted by atomic mass is 16.2. The Kier molecular flexibility index (Phi) is 2.73. The predicted molar refractivity (Wildman–Crippen MR) is 58.8 cm³/mol. The van der Waals surface area contributed by atoms with Gasteiger partial charge in [-0.2, -0.15) is 5.26 Å². The third kappa shape index (κ3) is 1.96. The molecule has 1 aliphatic heterocycles. The lowest BCUT2D eigenvalue weighted by Gasteiger charge is -2.32. The van der Waals surface area contributed by atoms with Crippen LogP contribution in [0.2, 0.25) is 0 Å². The molecule has 1 aromatic rings. The Bertz CT molecular complexity index is 452. The monoisotopic (exact) mass is 216 g/mol. The van der Waals surface area contributed by atoms with E-state index in [1.807, 2.05) is 17.0 Å². The largest absolute Gasteiger partial charge is 0.345 e. The van der Waals surface area contributed by atoms with Gasteiger partial charge in [0.05, 0.1) is 6.54 Å². The summed E-state index contributed by atoms with van der Waals surface area (Å²) in [5, 5.41) is 8.75. The second kappa shape index (κ2) is 4.19.